The molecular formula is C14H15NO2. The van der Waals surface area contributed by atoms with Crippen molar-refractivity contribution in [1.29, 1.82) is 0 Å². The summed E-state index contributed by atoms with van der Waals surface area (Å²) in [6, 6.07) is 11.3. The minimum Gasteiger partial charge on any atom is -0.504 e. The highest BCUT2D eigenvalue weighted by atomic mass is 16.3. The van der Waals surface area contributed by atoms with E-state index in [2.05, 4.69) is 0 Å². The number of nitrogens with two attached hydrogens (primary N) is 1. The molecule has 0 aliphatic rings. The molecule has 0 heterocycles. The molecule has 0 aromatic heterocycles. The molecule has 3 heteroatoms. The first-order valence-electron chi connectivity index (χ1n) is 6.67. The van der Waals surface area contributed by atoms with Crippen LogP contribution in [0.1, 0.15) is 18.5 Å². The van der Waals surface area contributed by atoms with Gasteiger partial charge in [0.25, 0.3) is 0 Å². The Morgan fingerprint density at radius 1 is 1.12 bits per heavy atom. The van der Waals surface area contributed by atoms with Crippen molar-refractivity contribution in [2.75, 3.05) is 0 Å². The van der Waals surface area contributed by atoms with Crippen LogP contribution >= 0.6 is 0 Å². The minimum atomic E-state index is -1.59. The molecule has 2 aromatic rings. The summed E-state index contributed by atoms with van der Waals surface area (Å²) in [4.78, 5) is 0. The van der Waals surface area contributed by atoms with Gasteiger partial charge in [-0.15, -0.1) is 0 Å². The maximum absolute atomic E-state index is 9.49. The third-order valence-electron chi connectivity index (χ3n) is 2.52. The first-order chi connectivity index (χ1) is 9.43. The third kappa shape index (κ3) is 2.77. The van der Waals surface area contributed by atoms with Crippen LogP contribution in [0.25, 0.3) is 0 Å². The number of aromatic hydroxyl groups is 2. The number of phenolic OH excluding ortho intramolecular Hbond substituents is 2. The standard InChI is InChI=1S/C14H15NO2/c15-12(11-4-2-1-3-5-11)8-10-6-7-13(16)14(17)9-10/h1-7,9,12,16-17H,8,15H2/i12D/hD2. The molecule has 2 aromatic carbocycles. The summed E-state index contributed by atoms with van der Waals surface area (Å²) < 4.78 is 23.4. The lowest BCUT2D eigenvalue weighted by molar-refractivity contribution is 0.403. The van der Waals surface area contributed by atoms with E-state index in [9.17, 15) is 10.2 Å². The van der Waals surface area contributed by atoms with E-state index in [4.69, 9.17) is 4.19 Å². The molecule has 17 heavy (non-hydrogen) atoms. The summed E-state index contributed by atoms with van der Waals surface area (Å²) in [5, 5.41) is 18.8. The Morgan fingerprint density at radius 2 is 1.88 bits per heavy atom. The van der Waals surface area contributed by atoms with Gasteiger partial charge in [0.2, 0.25) is 0 Å². The maximum Gasteiger partial charge on any atom is 0.157 e. The van der Waals surface area contributed by atoms with Crippen molar-refractivity contribution >= 4 is 0 Å². The molecule has 0 aliphatic carbocycles. The van der Waals surface area contributed by atoms with Gasteiger partial charge in [-0.3, -0.25) is 0 Å². The minimum absolute atomic E-state index is 0.0395. The van der Waals surface area contributed by atoms with Crippen LogP contribution in [-0.2, 0) is 6.42 Å². The van der Waals surface area contributed by atoms with Crippen LogP contribution in [-0.4, -0.2) is 10.2 Å². The normalized spacial score (nSPS) is 16.9. The van der Waals surface area contributed by atoms with Crippen molar-refractivity contribution in [2.24, 2.45) is 5.72 Å². The van der Waals surface area contributed by atoms with Crippen LogP contribution < -0.4 is 5.72 Å². The highest BCUT2D eigenvalue weighted by Gasteiger charge is 2.08. The highest BCUT2D eigenvalue weighted by Crippen LogP contribution is 2.26. The average Bonchev–Trinajstić information content (AvgIpc) is 2.43. The molecule has 2 rings (SSSR count). The number of hydrogen-bond donors (Lipinski definition) is 3. The molecule has 0 aliphatic heterocycles. The van der Waals surface area contributed by atoms with Crippen LogP contribution in [0.2, 0.25) is 2.82 Å². The van der Waals surface area contributed by atoms with Crippen molar-refractivity contribution in [3.63, 3.8) is 0 Å². The molecule has 0 fully saturated rings. The molecule has 1 atom stereocenters. The van der Waals surface area contributed by atoms with Gasteiger partial charge in [0.1, 0.15) is 2.82 Å². The molecular weight excluding hydrogens is 214 g/mol. The Hall–Kier alpha value is -2.00. The van der Waals surface area contributed by atoms with Crippen molar-refractivity contribution < 1.29 is 14.4 Å². The quantitative estimate of drug-likeness (QED) is 0.709. The lowest BCUT2D eigenvalue weighted by Crippen LogP contribution is -2.13. The van der Waals surface area contributed by atoms with Gasteiger partial charge in [0, 0.05) is 6.02 Å². The monoisotopic (exact) mass is 232 g/mol. The zero-order valence-corrected chi connectivity index (χ0v) is 9.17. The van der Waals surface area contributed by atoms with E-state index in [0.29, 0.717) is 16.8 Å². The fourth-order valence-electron chi connectivity index (χ4n) is 1.60. The average molecular weight is 232 g/mol. The third-order valence-corrected chi connectivity index (χ3v) is 2.52. The summed E-state index contributed by atoms with van der Waals surface area (Å²) >= 11 is 0. The van der Waals surface area contributed by atoms with Crippen molar-refractivity contribution in [3.05, 3.63) is 59.7 Å². The summed E-state index contributed by atoms with van der Waals surface area (Å²) in [5.41, 5.74) is 1.41. The topological polar surface area (TPSA) is 66.5 Å². The highest BCUT2D eigenvalue weighted by molar-refractivity contribution is 5.41. The number of hydrogen-bond acceptors (Lipinski definition) is 3. The molecule has 4 N–H and O–H groups in total. The van der Waals surface area contributed by atoms with Gasteiger partial charge < -0.3 is 15.9 Å². The lowest BCUT2D eigenvalue weighted by atomic mass is 9.99. The zero-order valence-electron chi connectivity index (χ0n) is 12.2. The Balaban J connectivity index is 2.37. The van der Waals surface area contributed by atoms with E-state index < -0.39 is 6.02 Å². The SMILES string of the molecule is [2H]N([2H])C([2H])(Cc1ccc(O)c(O)c1)c1ccccc1. The second kappa shape index (κ2) is 4.89. The fourth-order valence-corrected chi connectivity index (χ4v) is 1.60. The van der Waals surface area contributed by atoms with Crippen LogP contribution in [0.4, 0.5) is 0 Å². The van der Waals surface area contributed by atoms with Gasteiger partial charge in [-0.1, -0.05) is 36.4 Å². The fraction of sp³-hybridized carbons (Fsp3) is 0.143. The van der Waals surface area contributed by atoms with Crippen molar-refractivity contribution in [2.45, 2.75) is 12.4 Å². The molecule has 0 saturated carbocycles. The molecule has 88 valence electrons. The van der Waals surface area contributed by atoms with E-state index in [1.165, 1.54) is 12.1 Å². The summed E-state index contributed by atoms with van der Waals surface area (Å²) in [5.74, 6) is -0.517. The smallest absolute Gasteiger partial charge is 0.157 e. The van der Waals surface area contributed by atoms with Gasteiger partial charge in [-0.2, -0.15) is 0 Å². The van der Waals surface area contributed by atoms with E-state index in [0.717, 1.165) is 0 Å². The second-order valence-corrected chi connectivity index (χ2v) is 3.81. The first kappa shape index (κ1) is 8.14. The van der Waals surface area contributed by atoms with Crippen LogP contribution in [0, 0.1) is 0 Å². The van der Waals surface area contributed by atoms with E-state index in [-0.39, 0.29) is 17.9 Å². The van der Waals surface area contributed by atoms with Crippen molar-refractivity contribution in [3.8, 4) is 11.5 Å². The first-order valence-corrected chi connectivity index (χ1v) is 5.28. The van der Waals surface area contributed by atoms with E-state index in [1.54, 1.807) is 36.4 Å². The Labute approximate surface area is 104 Å². The largest absolute Gasteiger partial charge is 0.504 e. The maximum atomic E-state index is 9.49. The zero-order chi connectivity index (χ0) is 14.8. The Morgan fingerprint density at radius 3 is 2.53 bits per heavy atom. The predicted octanol–water partition coefficient (Wildman–Crippen LogP) is 2.34. The lowest BCUT2D eigenvalue weighted by Gasteiger charge is -2.12. The molecule has 3 nitrogen and oxygen atoms in total. The van der Waals surface area contributed by atoms with E-state index in [1.807, 2.05) is 0 Å². The Kier molecular flexibility index (Phi) is 2.34. The number of phenols is 2. The van der Waals surface area contributed by atoms with Crippen LogP contribution in [0.15, 0.2) is 48.5 Å². The molecule has 0 saturated heterocycles. The van der Waals surface area contributed by atoms with Crippen LogP contribution in [0.5, 0.6) is 11.5 Å². The summed E-state index contributed by atoms with van der Waals surface area (Å²) in [7, 11) is 0. The van der Waals surface area contributed by atoms with Gasteiger partial charge in [-0.25, -0.2) is 0 Å². The van der Waals surface area contributed by atoms with Gasteiger partial charge >= 0.3 is 0 Å². The second-order valence-electron chi connectivity index (χ2n) is 3.81. The summed E-state index contributed by atoms with van der Waals surface area (Å²) in [6.07, 6.45) is 0.0395. The number of benzene rings is 2. The van der Waals surface area contributed by atoms with Gasteiger partial charge in [-0.05, 0) is 29.7 Å². The molecule has 0 spiro atoms. The van der Waals surface area contributed by atoms with Gasteiger partial charge in [0.15, 0.2) is 11.5 Å². The van der Waals surface area contributed by atoms with Gasteiger partial charge in [0.05, 0.1) is 1.37 Å². The number of rotatable bonds is 4. The molecule has 0 amide bonds. The Bertz CT molecular complexity index is 592. The summed E-state index contributed by atoms with van der Waals surface area (Å²) in [6.45, 7) is 0. The van der Waals surface area contributed by atoms with Crippen LogP contribution in [0.3, 0.4) is 0 Å². The predicted molar refractivity (Wildman–Crippen MR) is 66.8 cm³/mol. The molecule has 0 bridgehead atoms. The van der Waals surface area contributed by atoms with E-state index >= 15 is 0 Å². The molecule has 0 radical (unpaired) electrons. The molecule has 1 unspecified atom stereocenters. The van der Waals surface area contributed by atoms with Crippen molar-refractivity contribution in [1.82, 2.24) is 0 Å².